The molecule has 94 valence electrons. The summed E-state index contributed by atoms with van der Waals surface area (Å²) in [5.41, 5.74) is 1.03. The Hall–Kier alpha value is -0.400. The third-order valence-electron chi connectivity index (χ3n) is 2.70. The van der Waals surface area contributed by atoms with Gasteiger partial charge in [-0.2, -0.15) is 0 Å². The van der Waals surface area contributed by atoms with E-state index in [1.165, 1.54) is 11.3 Å². The molecule has 1 aromatic rings. The van der Waals surface area contributed by atoms with Gasteiger partial charge in [-0.15, -0.1) is 11.3 Å². The van der Waals surface area contributed by atoms with E-state index in [9.17, 15) is 13.2 Å². The smallest absolute Gasteiger partial charge is 0.264 e. The number of thiophene rings is 1. The molecule has 17 heavy (non-hydrogen) atoms. The lowest BCUT2D eigenvalue weighted by Crippen LogP contribution is -2.43. The van der Waals surface area contributed by atoms with Gasteiger partial charge >= 0.3 is 0 Å². The molecule has 0 radical (unpaired) electrons. The van der Waals surface area contributed by atoms with Crippen molar-refractivity contribution in [1.29, 1.82) is 0 Å². The maximum Gasteiger partial charge on any atom is 0.264 e. The van der Waals surface area contributed by atoms with Crippen LogP contribution >= 0.6 is 27.3 Å². The highest BCUT2D eigenvalue weighted by Gasteiger charge is 2.26. The Balaban J connectivity index is 2.12. The SMILES string of the molecule is Cc1cc(C(=O)N2CCS(=O)(=O)CC2)sc1Br. The van der Waals surface area contributed by atoms with Crippen LogP contribution in [0.4, 0.5) is 0 Å². The van der Waals surface area contributed by atoms with Crippen molar-refractivity contribution in [3.8, 4) is 0 Å². The van der Waals surface area contributed by atoms with Crippen LogP contribution in [0.25, 0.3) is 0 Å². The summed E-state index contributed by atoms with van der Waals surface area (Å²) in [5, 5.41) is 0. The molecule has 7 heteroatoms. The van der Waals surface area contributed by atoms with Gasteiger partial charge < -0.3 is 4.90 Å². The van der Waals surface area contributed by atoms with Crippen LogP contribution in [0.5, 0.6) is 0 Å². The van der Waals surface area contributed by atoms with Crippen LogP contribution in [0.15, 0.2) is 9.85 Å². The lowest BCUT2D eigenvalue weighted by Gasteiger charge is -2.26. The van der Waals surface area contributed by atoms with Crippen LogP contribution in [0.3, 0.4) is 0 Å². The van der Waals surface area contributed by atoms with E-state index in [0.717, 1.165) is 9.35 Å². The molecule has 2 rings (SSSR count). The predicted octanol–water partition coefficient (Wildman–Crippen LogP) is 1.69. The lowest BCUT2D eigenvalue weighted by atomic mass is 10.3. The van der Waals surface area contributed by atoms with E-state index in [4.69, 9.17) is 0 Å². The van der Waals surface area contributed by atoms with E-state index in [-0.39, 0.29) is 17.4 Å². The summed E-state index contributed by atoms with van der Waals surface area (Å²) in [4.78, 5) is 14.4. The van der Waals surface area contributed by atoms with Gasteiger partial charge in [0.2, 0.25) is 0 Å². The minimum absolute atomic E-state index is 0.0706. The number of amides is 1. The summed E-state index contributed by atoms with van der Waals surface area (Å²) >= 11 is 4.77. The first-order chi connectivity index (χ1) is 7.89. The molecule has 0 N–H and O–H groups in total. The second-order valence-electron chi connectivity index (χ2n) is 4.01. The Bertz CT molecular complexity index is 516. The van der Waals surface area contributed by atoms with Crippen molar-refractivity contribution in [1.82, 2.24) is 4.90 Å². The highest BCUT2D eigenvalue weighted by molar-refractivity contribution is 9.11. The highest BCUT2D eigenvalue weighted by atomic mass is 79.9. The van der Waals surface area contributed by atoms with Gasteiger partial charge in [0.05, 0.1) is 20.2 Å². The van der Waals surface area contributed by atoms with Crippen LogP contribution < -0.4 is 0 Å². The number of halogens is 1. The van der Waals surface area contributed by atoms with E-state index in [1.54, 1.807) is 4.90 Å². The summed E-state index contributed by atoms with van der Waals surface area (Å²) in [5.74, 6) is 0.0767. The number of carbonyl (C=O) groups excluding carboxylic acids is 1. The first kappa shape index (κ1) is 13.0. The van der Waals surface area contributed by atoms with Crippen molar-refractivity contribution in [3.05, 3.63) is 20.3 Å². The van der Waals surface area contributed by atoms with Gasteiger partial charge in [0.25, 0.3) is 5.91 Å². The average Bonchev–Trinajstić information content (AvgIpc) is 2.58. The molecule has 1 aromatic heterocycles. The molecule has 0 spiro atoms. The molecule has 1 aliphatic rings. The standard InChI is InChI=1S/C10H12BrNO3S2/c1-7-6-8(16-9(7)11)10(13)12-2-4-17(14,15)5-3-12/h6H,2-5H2,1H3. The summed E-state index contributed by atoms with van der Waals surface area (Å²) < 4.78 is 23.5. The molecule has 1 aliphatic heterocycles. The third-order valence-corrected chi connectivity index (χ3v) is 6.43. The number of hydrogen-bond acceptors (Lipinski definition) is 4. The van der Waals surface area contributed by atoms with Crippen molar-refractivity contribution in [2.75, 3.05) is 24.6 Å². The Kier molecular flexibility index (Phi) is 3.61. The molecular formula is C10H12BrNO3S2. The van der Waals surface area contributed by atoms with Gasteiger partial charge in [-0.25, -0.2) is 8.42 Å². The van der Waals surface area contributed by atoms with Crippen molar-refractivity contribution in [2.24, 2.45) is 0 Å². The fourth-order valence-electron chi connectivity index (χ4n) is 1.64. The number of sulfone groups is 1. The zero-order chi connectivity index (χ0) is 12.6. The molecule has 1 saturated heterocycles. The molecule has 0 saturated carbocycles. The van der Waals surface area contributed by atoms with Gasteiger partial charge in [-0.1, -0.05) is 0 Å². The molecular weight excluding hydrogens is 326 g/mol. The number of aryl methyl sites for hydroxylation is 1. The largest absolute Gasteiger partial charge is 0.336 e. The quantitative estimate of drug-likeness (QED) is 0.783. The van der Waals surface area contributed by atoms with Gasteiger partial charge in [-0.05, 0) is 34.5 Å². The summed E-state index contributed by atoms with van der Waals surface area (Å²) in [6.07, 6.45) is 0. The minimum Gasteiger partial charge on any atom is -0.336 e. The molecule has 0 unspecified atom stereocenters. The summed E-state index contributed by atoms with van der Waals surface area (Å²) in [7, 11) is -2.93. The molecule has 1 amide bonds. The van der Waals surface area contributed by atoms with Crippen LogP contribution in [-0.2, 0) is 9.84 Å². The molecule has 0 bridgehead atoms. The van der Waals surface area contributed by atoms with Crippen molar-refractivity contribution in [3.63, 3.8) is 0 Å². The number of carbonyl (C=O) groups is 1. The summed E-state index contributed by atoms with van der Waals surface area (Å²) in [6.45, 7) is 2.53. The topological polar surface area (TPSA) is 54.5 Å². The molecule has 1 fully saturated rings. The molecule has 0 aliphatic carbocycles. The monoisotopic (exact) mass is 337 g/mol. The predicted molar refractivity (Wildman–Crippen MR) is 71.3 cm³/mol. The Morgan fingerprint density at radius 1 is 1.41 bits per heavy atom. The van der Waals surface area contributed by atoms with E-state index in [0.29, 0.717) is 18.0 Å². The van der Waals surface area contributed by atoms with Gasteiger partial charge in [0, 0.05) is 13.1 Å². The van der Waals surface area contributed by atoms with Crippen LogP contribution in [0, 0.1) is 6.92 Å². The number of hydrogen-bond donors (Lipinski definition) is 0. The highest BCUT2D eigenvalue weighted by Crippen LogP contribution is 2.28. The Morgan fingerprint density at radius 3 is 2.47 bits per heavy atom. The fraction of sp³-hybridized carbons (Fsp3) is 0.500. The van der Waals surface area contributed by atoms with Crippen molar-refractivity contribution in [2.45, 2.75) is 6.92 Å². The van der Waals surface area contributed by atoms with Gasteiger partial charge in [0.1, 0.15) is 0 Å². The molecule has 0 atom stereocenters. The maximum absolute atomic E-state index is 12.1. The van der Waals surface area contributed by atoms with E-state index >= 15 is 0 Å². The second kappa shape index (κ2) is 4.70. The van der Waals surface area contributed by atoms with Crippen molar-refractivity contribution < 1.29 is 13.2 Å². The van der Waals surface area contributed by atoms with Crippen LogP contribution in [0.2, 0.25) is 0 Å². The van der Waals surface area contributed by atoms with Gasteiger partial charge in [-0.3, -0.25) is 4.79 Å². The maximum atomic E-state index is 12.1. The van der Waals surface area contributed by atoms with Crippen LogP contribution in [-0.4, -0.2) is 43.8 Å². The molecule has 0 aromatic carbocycles. The fourth-order valence-corrected chi connectivity index (χ4v) is 4.34. The van der Waals surface area contributed by atoms with Crippen LogP contribution in [0.1, 0.15) is 15.2 Å². The van der Waals surface area contributed by atoms with Gasteiger partial charge in [0.15, 0.2) is 9.84 Å². The first-order valence-electron chi connectivity index (χ1n) is 5.15. The minimum atomic E-state index is -2.93. The Morgan fingerprint density at radius 2 is 2.00 bits per heavy atom. The number of nitrogens with zero attached hydrogens (tertiary/aromatic N) is 1. The zero-order valence-corrected chi connectivity index (χ0v) is 12.5. The van der Waals surface area contributed by atoms with E-state index < -0.39 is 9.84 Å². The number of rotatable bonds is 1. The van der Waals surface area contributed by atoms with Crippen molar-refractivity contribution >= 4 is 43.0 Å². The summed E-state index contributed by atoms with van der Waals surface area (Å²) in [6, 6.07) is 1.83. The molecule has 2 heterocycles. The average molecular weight is 338 g/mol. The van der Waals surface area contributed by atoms with E-state index in [2.05, 4.69) is 15.9 Å². The second-order valence-corrected chi connectivity index (χ2v) is 8.69. The lowest BCUT2D eigenvalue weighted by molar-refractivity contribution is 0.0775. The zero-order valence-electron chi connectivity index (χ0n) is 9.27. The normalized spacial score (nSPS) is 19.3. The van der Waals surface area contributed by atoms with E-state index in [1.807, 2.05) is 13.0 Å². The first-order valence-corrected chi connectivity index (χ1v) is 8.58. The molecule has 4 nitrogen and oxygen atoms in total. The third kappa shape index (κ3) is 2.89. The Labute approximate surface area is 113 Å².